The van der Waals surface area contributed by atoms with Crippen LogP contribution in [0.2, 0.25) is 0 Å². The number of carbonyl (C=O) groups is 3. The van der Waals surface area contributed by atoms with E-state index in [1.807, 2.05) is 56.9 Å². The van der Waals surface area contributed by atoms with Gasteiger partial charge in [-0.15, -0.1) is 0 Å². The molecule has 166 valence electrons. The van der Waals surface area contributed by atoms with E-state index in [4.69, 9.17) is 0 Å². The van der Waals surface area contributed by atoms with Crippen LogP contribution in [0.15, 0.2) is 24.3 Å². The monoisotopic (exact) mass is 416 g/mol. The van der Waals surface area contributed by atoms with Gasteiger partial charge in [-0.25, -0.2) is 4.79 Å². The number of anilines is 1. The molecule has 0 aliphatic carbocycles. The molecule has 0 bridgehead atoms. The van der Waals surface area contributed by atoms with E-state index in [0.717, 1.165) is 18.4 Å². The zero-order valence-electron chi connectivity index (χ0n) is 18.9. The minimum atomic E-state index is -0.620. The molecule has 1 saturated heterocycles. The van der Waals surface area contributed by atoms with Crippen molar-refractivity contribution in [1.29, 1.82) is 0 Å². The third kappa shape index (κ3) is 6.47. The van der Waals surface area contributed by atoms with E-state index >= 15 is 0 Å². The van der Waals surface area contributed by atoms with Gasteiger partial charge in [0.1, 0.15) is 6.04 Å². The number of aryl methyl sites for hydroxylation is 1. The third-order valence-electron chi connectivity index (χ3n) is 5.53. The molecular weight excluding hydrogens is 380 g/mol. The molecule has 1 heterocycles. The van der Waals surface area contributed by atoms with Crippen molar-refractivity contribution >= 4 is 23.5 Å². The van der Waals surface area contributed by atoms with Gasteiger partial charge in [0.25, 0.3) is 0 Å². The number of carbonyl (C=O) groups excluding carboxylic acids is 3. The lowest BCUT2D eigenvalue weighted by Crippen LogP contribution is -2.60. The second-order valence-corrected chi connectivity index (χ2v) is 8.51. The zero-order chi connectivity index (χ0) is 22.3. The molecular formula is C23H36N4O3. The molecule has 2 unspecified atom stereocenters. The lowest BCUT2D eigenvalue weighted by molar-refractivity contribution is -0.144. The standard InChI is InChI=1S/C23H36N4O3/c1-6-7-8-20(28)27-14-13-26(15-18(27)5)22(29)21(16(2)3)25-23(30)24-19-11-9-17(4)10-12-19/h9-12,16,18,21H,6-8,13-15H2,1-5H3,(H2,24,25,30). The van der Waals surface area contributed by atoms with Crippen molar-refractivity contribution in [2.75, 3.05) is 25.0 Å². The molecule has 30 heavy (non-hydrogen) atoms. The fourth-order valence-electron chi connectivity index (χ4n) is 3.66. The molecule has 0 radical (unpaired) electrons. The van der Waals surface area contributed by atoms with Gasteiger partial charge >= 0.3 is 6.03 Å². The molecule has 4 amide bonds. The molecule has 2 N–H and O–H groups in total. The Labute approximate surface area is 180 Å². The fraction of sp³-hybridized carbons (Fsp3) is 0.609. The van der Waals surface area contributed by atoms with E-state index in [-0.39, 0.29) is 23.8 Å². The van der Waals surface area contributed by atoms with E-state index in [1.165, 1.54) is 0 Å². The van der Waals surface area contributed by atoms with Gasteiger partial charge in [0, 0.05) is 37.8 Å². The first-order valence-corrected chi connectivity index (χ1v) is 10.9. The SMILES string of the molecule is CCCCC(=O)N1CCN(C(=O)C(NC(=O)Nc2ccc(C)cc2)C(C)C)CC1C. The smallest absolute Gasteiger partial charge is 0.319 e. The molecule has 0 saturated carbocycles. The number of benzene rings is 1. The highest BCUT2D eigenvalue weighted by Gasteiger charge is 2.34. The number of rotatable bonds is 7. The van der Waals surface area contributed by atoms with Crippen LogP contribution < -0.4 is 10.6 Å². The van der Waals surface area contributed by atoms with Crippen molar-refractivity contribution in [2.24, 2.45) is 5.92 Å². The van der Waals surface area contributed by atoms with Gasteiger partial charge in [-0.1, -0.05) is 44.9 Å². The summed E-state index contributed by atoms with van der Waals surface area (Å²) in [6.45, 7) is 11.4. The summed E-state index contributed by atoms with van der Waals surface area (Å²) in [6, 6.07) is 6.46. The summed E-state index contributed by atoms with van der Waals surface area (Å²) in [5.74, 6) is 0.00446. The Hall–Kier alpha value is -2.57. The number of nitrogens with zero attached hydrogens (tertiary/aromatic N) is 2. The molecule has 1 aliphatic heterocycles. The van der Waals surface area contributed by atoms with Crippen molar-refractivity contribution in [3.63, 3.8) is 0 Å². The van der Waals surface area contributed by atoms with Crippen molar-refractivity contribution < 1.29 is 14.4 Å². The highest BCUT2D eigenvalue weighted by molar-refractivity contribution is 5.94. The Kier molecular flexibility index (Phi) is 8.69. The highest BCUT2D eigenvalue weighted by Crippen LogP contribution is 2.16. The molecule has 1 aliphatic rings. The van der Waals surface area contributed by atoms with Crippen LogP contribution in [0.25, 0.3) is 0 Å². The number of hydrogen-bond acceptors (Lipinski definition) is 3. The van der Waals surface area contributed by atoms with Crippen LogP contribution in [0.5, 0.6) is 0 Å². The van der Waals surface area contributed by atoms with Gasteiger partial charge < -0.3 is 20.4 Å². The highest BCUT2D eigenvalue weighted by atomic mass is 16.2. The number of unbranched alkanes of at least 4 members (excludes halogenated alkanes) is 1. The van der Waals surface area contributed by atoms with Crippen LogP contribution in [0, 0.1) is 12.8 Å². The molecule has 1 aromatic carbocycles. The van der Waals surface area contributed by atoms with Gasteiger partial charge in [-0.2, -0.15) is 0 Å². The van der Waals surface area contributed by atoms with Crippen molar-refractivity contribution in [3.05, 3.63) is 29.8 Å². The van der Waals surface area contributed by atoms with Gasteiger partial charge in [0.2, 0.25) is 11.8 Å². The largest absolute Gasteiger partial charge is 0.337 e. The Balaban J connectivity index is 1.95. The summed E-state index contributed by atoms with van der Waals surface area (Å²) in [4.78, 5) is 41.6. The molecule has 2 atom stereocenters. The zero-order valence-corrected chi connectivity index (χ0v) is 18.9. The maximum absolute atomic E-state index is 13.1. The molecule has 1 aromatic rings. The summed E-state index contributed by atoms with van der Waals surface area (Å²) in [7, 11) is 0. The van der Waals surface area contributed by atoms with Crippen LogP contribution >= 0.6 is 0 Å². The number of nitrogens with one attached hydrogen (secondary N) is 2. The molecule has 2 rings (SSSR count). The van der Waals surface area contributed by atoms with Gasteiger partial charge in [0.15, 0.2) is 0 Å². The summed E-state index contributed by atoms with van der Waals surface area (Å²) in [5, 5.41) is 5.62. The Morgan fingerprint density at radius 1 is 1.13 bits per heavy atom. The normalized spacial score (nSPS) is 17.6. The molecule has 0 spiro atoms. The molecule has 0 aromatic heterocycles. The van der Waals surface area contributed by atoms with E-state index < -0.39 is 12.1 Å². The van der Waals surface area contributed by atoms with Crippen molar-refractivity contribution in [3.8, 4) is 0 Å². The molecule has 7 nitrogen and oxygen atoms in total. The number of urea groups is 1. The van der Waals surface area contributed by atoms with Gasteiger partial charge in [-0.3, -0.25) is 9.59 Å². The van der Waals surface area contributed by atoms with E-state index in [9.17, 15) is 14.4 Å². The first-order chi connectivity index (χ1) is 14.2. The van der Waals surface area contributed by atoms with Crippen LogP contribution in [0.1, 0.15) is 52.5 Å². The second kappa shape index (κ2) is 11.0. The number of piperazine rings is 1. The Morgan fingerprint density at radius 2 is 1.80 bits per heavy atom. The third-order valence-corrected chi connectivity index (χ3v) is 5.53. The van der Waals surface area contributed by atoms with Crippen LogP contribution in [-0.2, 0) is 9.59 Å². The molecule has 1 fully saturated rings. The average Bonchev–Trinajstić information content (AvgIpc) is 2.71. The van der Waals surface area contributed by atoms with Gasteiger partial charge in [0.05, 0.1) is 0 Å². The predicted octanol–water partition coefficient (Wildman–Crippen LogP) is 3.39. The first-order valence-electron chi connectivity index (χ1n) is 10.9. The minimum Gasteiger partial charge on any atom is -0.337 e. The quantitative estimate of drug-likeness (QED) is 0.715. The minimum absolute atomic E-state index is 0.0266. The maximum atomic E-state index is 13.1. The number of hydrogen-bond donors (Lipinski definition) is 2. The van der Waals surface area contributed by atoms with Crippen LogP contribution in [0.4, 0.5) is 10.5 Å². The average molecular weight is 417 g/mol. The van der Waals surface area contributed by atoms with Crippen molar-refractivity contribution in [1.82, 2.24) is 15.1 Å². The summed E-state index contributed by atoms with van der Waals surface area (Å²) in [6.07, 6.45) is 2.44. The lowest BCUT2D eigenvalue weighted by atomic mass is 10.0. The summed E-state index contributed by atoms with van der Waals surface area (Å²) in [5.41, 5.74) is 1.79. The van der Waals surface area contributed by atoms with E-state index in [0.29, 0.717) is 31.7 Å². The lowest BCUT2D eigenvalue weighted by Gasteiger charge is -2.41. The van der Waals surface area contributed by atoms with Gasteiger partial charge in [-0.05, 0) is 38.3 Å². The van der Waals surface area contributed by atoms with Crippen LogP contribution in [-0.4, -0.2) is 59.4 Å². The van der Waals surface area contributed by atoms with Crippen molar-refractivity contribution in [2.45, 2.75) is 66.0 Å². The summed E-state index contributed by atoms with van der Waals surface area (Å²) < 4.78 is 0. The van der Waals surface area contributed by atoms with E-state index in [1.54, 1.807) is 4.90 Å². The Bertz CT molecular complexity index is 732. The molecule has 7 heteroatoms. The number of amides is 4. The van der Waals surface area contributed by atoms with E-state index in [2.05, 4.69) is 17.6 Å². The predicted molar refractivity (Wildman–Crippen MR) is 119 cm³/mol. The summed E-state index contributed by atoms with van der Waals surface area (Å²) >= 11 is 0. The fourth-order valence-corrected chi connectivity index (χ4v) is 3.66. The van der Waals surface area contributed by atoms with Crippen LogP contribution in [0.3, 0.4) is 0 Å². The first kappa shape index (κ1) is 23.7. The topological polar surface area (TPSA) is 81.8 Å². The second-order valence-electron chi connectivity index (χ2n) is 8.51. The Morgan fingerprint density at radius 3 is 2.37 bits per heavy atom. The maximum Gasteiger partial charge on any atom is 0.319 e.